The first kappa shape index (κ1) is 15.4. The number of hydrogen-bond donors (Lipinski definition) is 2. The van der Waals surface area contributed by atoms with Gasteiger partial charge in [0.2, 0.25) is 0 Å². The van der Waals surface area contributed by atoms with Gasteiger partial charge in [0.1, 0.15) is 10.8 Å². The van der Waals surface area contributed by atoms with Crippen molar-refractivity contribution in [3.8, 4) is 0 Å². The number of hydrogen-bond acceptors (Lipinski definition) is 2. The van der Waals surface area contributed by atoms with Crippen molar-refractivity contribution in [3.05, 3.63) is 65.0 Å². The average Bonchev–Trinajstić information content (AvgIpc) is 2.46. The zero-order valence-electron chi connectivity index (χ0n) is 12.2. The summed E-state index contributed by atoms with van der Waals surface area (Å²) in [4.78, 5) is 0.199. The van der Waals surface area contributed by atoms with Gasteiger partial charge in [0.15, 0.2) is 0 Å². The third-order valence-electron chi connectivity index (χ3n) is 3.38. The maximum Gasteiger partial charge on any atom is 0.146 e. The molecule has 2 nitrogen and oxygen atoms in total. The summed E-state index contributed by atoms with van der Waals surface area (Å²) in [6.07, 6.45) is 0. The minimum Gasteiger partial charge on any atom is -0.389 e. The summed E-state index contributed by atoms with van der Waals surface area (Å²) < 4.78 is 13.9. The lowest BCUT2D eigenvalue weighted by atomic mass is 10.0. The molecule has 0 bridgehead atoms. The molecule has 0 saturated carbocycles. The third kappa shape index (κ3) is 4.02. The zero-order chi connectivity index (χ0) is 15.4. The molecule has 0 unspecified atom stereocenters. The maximum atomic E-state index is 13.9. The van der Waals surface area contributed by atoms with E-state index < -0.39 is 0 Å². The average molecular weight is 302 g/mol. The molecular formula is C17H19FN2S. The largest absolute Gasteiger partial charge is 0.389 e. The van der Waals surface area contributed by atoms with Gasteiger partial charge in [-0.1, -0.05) is 50.3 Å². The second-order valence-electron chi connectivity index (χ2n) is 5.31. The lowest BCUT2D eigenvalue weighted by Crippen LogP contribution is -2.10. The van der Waals surface area contributed by atoms with Gasteiger partial charge < -0.3 is 11.1 Å². The lowest BCUT2D eigenvalue weighted by Gasteiger charge is -2.10. The second kappa shape index (κ2) is 6.68. The van der Waals surface area contributed by atoms with E-state index in [1.807, 2.05) is 0 Å². The van der Waals surface area contributed by atoms with Crippen molar-refractivity contribution in [2.45, 2.75) is 26.3 Å². The molecule has 0 aliphatic carbocycles. The van der Waals surface area contributed by atoms with E-state index in [1.165, 1.54) is 11.6 Å². The van der Waals surface area contributed by atoms with Crippen molar-refractivity contribution >= 4 is 22.9 Å². The van der Waals surface area contributed by atoms with Crippen molar-refractivity contribution in [2.75, 3.05) is 5.32 Å². The summed E-state index contributed by atoms with van der Waals surface area (Å²) in [5.74, 6) is 0.163. The van der Waals surface area contributed by atoms with Crippen LogP contribution >= 0.6 is 12.2 Å². The SMILES string of the molecule is CC(C)c1ccc(CNc2ccc(C(N)=S)cc2F)cc1. The fourth-order valence-electron chi connectivity index (χ4n) is 2.03. The number of nitrogens with two attached hydrogens (primary N) is 1. The first-order valence-electron chi connectivity index (χ1n) is 6.89. The van der Waals surface area contributed by atoms with Crippen LogP contribution in [0.2, 0.25) is 0 Å². The second-order valence-corrected chi connectivity index (χ2v) is 5.75. The summed E-state index contributed by atoms with van der Waals surface area (Å²) in [6, 6.07) is 13.1. The molecule has 2 rings (SSSR count). The number of anilines is 1. The molecule has 0 amide bonds. The van der Waals surface area contributed by atoms with Crippen LogP contribution in [-0.2, 0) is 6.54 Å². The molecule has 0 heterocycles. The van der Waals surface area contributed by atoms with Crippen LogP contribution < -0.4 is 11.1 Å². The summed E-state index contributed by atoms with van der Waals surface area (Å²) in [6.45, 7) is 4.89. The van der Waals surface area contributed by atoms with Crippen LogP contribution in [0.25, 0.3) is 0 Å². The molecule has 4 heteroatoms. The van der Waals surface area contributed by atoms with Crippen LogP contribution in [0.1, 0.15) is 36.5 Å². The van der Waals surface area contributed by atoms with Gasteiger partial charge in [0.25, 0.3) is 0 Å². The van der Waals surface area contributed by atoms with Crippen molar-refractivity contribution in [1.29, 1.82) is 0 Å². The van der Waals surface area contributed by atoms with Gasteiger partial charge in [-0.15, -0.1) is 0 Å². The van der Waals surface area contributed by atoms with Gasteiger partial charge >= 0.3 is 0 Å². The number of rotatable bonds is 5. The van der Waals surface area contributed by atoms with Crippen molar-refractivity contribution in [1.82, 2.24) is 0 Å². The quantitative estimate of drug-likeness (QED) is 0.813. The van der Waals surface area contributed by atoms with E-state index in [2.05, 4.69) is 43.4 Å². The standard InChI is InChI=1S/C17H19FN2S/c1-11(2)13-5-3-12(4-6-13)10-20-16-8-7-14(17(19)21)9-15(16)18/h3-9,11,20H,10H2,1-2H3,(H2,19,21). The molecule has 0 radical (unpaired) electrons. The molecule has 2 aromatic rings. The van der Waals surface area contributed by atoms with E-state index in [-0.39, 0.29) is 10.8 Å². The van der Waals surface area contributed by atoms with E-state index in [0.29, 0.717) is 23.7 Å². The summed E-state index contributed by atoms with van der Waals surface area (Å²) >= 11 is 4.83. The number of thiocarbonyl (C=S) groups is 1. The highest BCUT2D eigenvalue weighted by molar-refractivity contribution is 7.80. The molecule has 0 fully saturated rings. The maximum absolute atomic E-state index is 13.9. The molecule has 21 heavy (non-hydrogen) atoms. The predicted octanol–water partition coefficient (Wildman–Crippen LogP) is 4.20. The highest BCUT2D eigenvalue weighted by atomic mass is 32.1. The van der Waals surface area contributed by atoms with E-state index in [0.717, 1.165) is 5.56 Å². The molecule has 0 aliphatic heterocycles. The normalized spacial score (nSPS) is 10.7. The Morgan fingerprint density at radius 3 is 2.38 bits per heavy atom. The summed E-state index contributed by atoms with van der Waals surface area (Å²) in [7, 11) is 0. The Morgan fingerprint density at radius 2 is 1.86 bits per heavy atom. The molecule has 0 spiro atoms. The number of benzene rings is 2. The number of halogens is 1. The highest BCUT2D eigenvalue weighted by Gasteiger charge is 2.05. The summed E-state index contributed by atoms with van der Waals surface area (Å²) in [5.41, 5.74) is 8.87. The van der Waals surface area contributed by atoms with Gasteiger partial charge in [-0.05, 0) is 35.2 Å². The first-order chi connectivity index (χ1) is 9.97. The van der Waals surface area contributed by atoms with E-state index >= 15 is 0 Å². The molecule has 0 aliphatic rings. The highest BCUT2D eigenvalue weighted by Crippen LogP contribution is 2.18. The van der Waals surface area contributed by atoms with Gasteiger partial charge in [0.05, 0.1) is 5.69 Å². The van der Waals surface area contributed by atoms with E-state index in [4.69, 9.17) is 18.0 Å². The van der Waals surface area contributed by atoms with Crippen molar-refractivity contribution in [3.63, 3.8) is 0 Å². The minimum absolute atomic E-state index is 0.199. The Hall–Kier alpha value is -1.94. The molecule has 2 aromatic carbocycles. The van der Waals surface area contributed by atoms with Crippen LogP contribution in [-0.4, -0.2) is 4.99 Å². The van der Waals surface area contributed by atoms with Crippen molar-refractivity contribution < 1.29 is 4.39 Å². The van der Waals surface area contributed by atoms with Gasteiger partial charge in [0, 0.05) is 12.1 Å². The Balaban J connectivity index is 2.04. The molecular weight excluding hydrogens is 283 g/mol. The van der Waals surface area contributed by atoms with Crippen molar-refractivity contribution in [2.24, 2.45) is 5.73 Å². The number of nitrogens with one attached hydrogen (secondary N) is 1. The van der Waals surface area contributed by atoms with Crippen LogP contribution in [0, 0.1) is 5.82 Å². The zero-order valence-corrected chi connectivity index (χ0v) is 13.0. The fraction of sp³-hybridized carbons (Fsp3) is 0.235. The lowest BCUT2D eigenvalue weighted by molar-refractivity contribution is 0.630. The molecule has 0 aromatic heterocycles. The van der Waals surface area contributed by atoms with Crippen LogP contribution in [0.15, 0.2) is 42.5 Å². The van der Waals surface area contributed by atoms with Crippen LogP contribution in [0.4, 0.5) is 10.1 Å². The summed E-state index contributed by atoms with van der Waals surface area (Å²) in [5, 5.41) is 3.08. The minimum atomic E-state index is -0.348. The Morgan fingerprint density at radius 1 is 1.19 bits per heavy atom. The smallest absolute Gasteiger partial charge is 0.146 e. The van der Waals surface area contributed by atoms with Crippen LogP contribution in [0.5, 0.6) is 0 Å². The molecule has 3 N–H and O–H groups in total. The Bertz CT molecular complexity index is 636. The molecule has 0 atom stereocenters. The monoisotopic (exact) mass is 302 g/mol. The van der Waals surface area contributed by atoms with Gasteiger partial charge in [-0.3, -0.25) is 0 Å². The van der Waals surface area contributed by atoms with E-state index in [1.54, 1.807) is 12.1 Å². The topological polar surface area (TPSA) is 38.0 Å². The molecule has 0 saturated heterocycles. The first-order valence-corrected chi connectivity index (χ1v) is 7.30. The third-order valence-corrected chi connectivity index (χ3v) is 3.62. The van der Waals surface area contributed by atoms with Crippen LogP contribution in [0.3, 0.4) is 0 Å². The molecule has 110 valence electrons. The Kier molecular flexibility index (Phi) is 4.91. The van der Waals surface area contributed by atoms with E-state index in [9.17, 15) is 4.39 Å². The van der Waals surface area contributed by atoms with Gasteiger partial charge in [-0.25, -0.2) is 4.39 Å². The van der Waals surface area contributed by atoms with Gasteiger partial charge in [-0.2, -0.15) is 0 Å². The predicted molar refractivity (Wildman–Crippen MR) is 90.1 cm³/mol. The fourth-order valence-corrected chi connectivity index (χ4v) is 2.16. The Labute approximate surface area is 130 Å².